The smallest absolute Gasteiger partial charge is 0.223 e. The van der Waals surface area contributed by atoms with Crippen molar-refractivity contribution in [1.29, 1.82) is 0 Å². The maximum atomic E-state index is 11.7. The number of amides is 1. The summed E-state index contributed by atoms with van der Waals surface area (Å²) in [6.07, 6.45) is 3.09. The summed E-state index contributed by atoms with van der Waals surface area (Å²) in [4.78, 5) is 22.8. The van der Waals surface area contributed by atoms with E-state index in [1.165, 1.54) is 31.3 Å². The van der Waals surface area contributed by atoms with Crippen LogP contribution < -0.4 is 10.2 Å². The van der Waals surface area contributed by atoms with E-state index in [0.29, 0.717) is 30.6 Å². The molecule has 1 atom stereocenters. The molecule has 1 saturated heterocycles. The van der Waals surface area contributed by atoms with Crippen molar-refractivity contribution in [3.63, 3.8) is 0 Å². The topological polar surface area (TPSA) is 97.0 Å². The van der Waals surface area contributed by atoms with Gasteiger partial charge in [-0.2, -0.15) is 9.36 Å². The molecule has 8 nitrogen and oxygen atoms in total. The van der Waals surface area contributed by atoms with E-state index >= 15 is 0 Å². The van der Waals surface area contributed by atoms with Crippen LogP contribution in [-0.4, -0.2) is 38.5 Å². The highest BCUT2D eigenvalue weighted by molar-refractivity contribution is 7.09. The predicted octanol–water partition coefficient (Wildman–Crippen LogP) is 1.35. The number of nitrogens with zero attached hydrogens (tertiary/aromatic N) is 5. The van der Waals surface area contributed by atoms with Gasteiger partial charge in [0.1, 0.15) is 11.4 Å². The summed E-state index contributed by atoms with van der Waals surface area (Å²) in [5, 5.41) is 7.95. The first-order valence-electron chi connectivity index (χ1n) is 7.74. The van der Waals surface area contributed by atoms with Crippen molar-refractivity contribution in [3.05, 3.63) is 17.5 Å². The van der Waals surface area contributed by atoms with Crippen molar-refractivity contribution in [1.82, 2.24) is 24.8 Å². The molecule has 2 aromatic heterocycles. The van der Waals surface area contributed by atoms with E-state index in [-0.39, 0.29) is 5.91 Å². The van der Waals surface area contributed by atoms with Gasteiger partial charge in [0.25, 0.3) is 0 Å². The van der Waals surface area contributed by atoms with Gasteiger partial charge in [-0.05, 0) is 19.3 Å². The monoisotopic (exact) mass is 334 g/mol. The van der Waals surface area contributed by atoms with Crippen LogP contribution in [0, 0.1) is 6.92 Å². The summed E-state index contributed by atoms with van der Waals surface area (Å²) in [7, 11) is 0. The first kappa shape index (κ1) is 14.6. The Labute approximate surface area is 137 Å². The molecule has 1 N–H and O–H groups in total. The van der Waals surface area contributed by atoms with Crippen LogP contribution in [0.1, 0.15) is 49.6 Å². The number of hydrogen-bond acceptors (Lipinski definition) is 8. The van der Waals surface area contributed by atoms with Gasteiger partial charge in [0.2, 0.25) is 16.9 Å². The number of anilines is 1. The summed E-state index contributed by atoms with van der Waals surface area (Å²) in [6, 6.07) is 0. The number of aryl methyl sites for hydroxylation is 1. The molecule has 0 aromatic carbocycles. The molecular weight excluding hydrogens is 316 g/mol. The molecule has 0 spiro atoms. The highest BCUT2D eigenvalue weighted by atomic mass is 32.1. The molecule has 3 heterocycles. The molecule has 0 unspecified atom stereocenters. The largest absolute Gasteiger partial charge is 0.344 e. The van der Waals surface area contributed by atoms with Gasteiger partial charge in [0.05, 0.1) is 6.54 Å². The first-order chi connectivity index (χ1) is 11.1. The van der Waals surface area contributed by atoms with Crippen LogP contribution in [0.4, 0.5) is 5.13 Å². The molecule has 23 heavy (non-hydrogen) atoms. The van der Waals surface area contributed by atoms with Crippen LogP contribution in [0.15, 0.2) is 4.52 Å². The van der Waals surface area contributed by atoms with Gasteiger partial charge in [-0.25, -0.2) is 4.98 Å². The minimum atomic E-state index is -0.630. The molecule has 9 heteroatoms. The molecule has 2 aromatic rings. The third kappa shape index (κ3) is 2.69. The van der Waals surface area contributed by atoms with Crippen molar-refractivity contribution >= 4 is 22.6 Å². The van der Waals surface area contributed by atoms with Crippen molar-refractivity contribution in [2.24, 2.45) is 0 Å². The Morgan fingerprint density at radius 2 is 2.26 bits per heavy atom. The lowest BCUT2D eigenvalue weighted by Gasteiger charge is -2.26. The van der Waals surface area contributed by atoms with Crippen LogP contribution in [0.3, 0.4) is 0 Å². The zero-order chi connectivity index (χ0) is 16.0. The van der Waals surface area contributed by atoms with Crippen molar-refractivity contribution in [2.45, 2.75) is 44.6 Å². The standard InChI is InChI=1S/C14H18N6O2S/c1-8(21)17-14(12-15-9(2)22-18-12)5-6-20(7-14)13-16-11(19-23-13)10-3-4-10/h10H,3-7H2,1-2H3,(H,17,21)/t14-/m0/s1. The van der Waals surface area contributed by atoms with Crippen LogP contribution in [-0.2, 0) is 10.3 Å². The lowest BCUT2D eigenvalue weighted by molar-refractivity contribution is -0.120. The fourth-order valence-corrected chi connectivity index (χ4v) is 3.78. The van der Waals surface area contributed by atoms with Crippen LogP contribution in [0.5, 0.6) is 0 Å². The zero-order valence-electron chi connectivity index (χ0n) is 13.1. The van der Waals surface area contributed by atoms with Gasteiger partial charge in [0.15, 0.2) is 5.82 Å². The second-order valence-electron chi connectivity index (χ2n) is 6.28. The van der Waals surface area contributed by atoms with E-state index in [1.807, 2.05) is 0 Å². The van der Waals surface area contributed by atoms with Crippen LogP contribution in [0.2, 0.25) is 0 Å². The van der Waals surface area contributed by atoms with Crippen molar-refractivity contribution in [3.8, 4) is 0 Å². The highest BCUT2D eigenvalue weighted by Gasteiger charge is 2.45. The van der Waals surface area contributed by atoms with E-state index in [1.54, 1.807) is 6.92 Å². The Balaban J connectivity index is 1.59. The maximum absolute atomic E-state index is 11.7. The maximum Gasteiger partial charge on any atom is 0.223 e. The Kier molecular flexibility index (Phi) is 3.33. The quantitative estimate of drug-likeness (QED) is 0.901. The molecule has 2 aliphatic rings. The minimum Gasteiger partial charge on any atom is -0.344 e. The molecule has 0 radical (unpaired) electrons. The van der Waals surface area contributed by atoms with Crippen LogP contribution in [0.25, 0.3) is 0 Å². The number of carbonyl (C=O) groups is 1. The Morgan fingerprint density at radius 1 is 1.43 bits per heavy atom. The molecular formula is C14H18N6O2S. The number of hydrogen-bond donors (Lipinski definition) is 1. The summed E-state index contributed by atoms with van der Waals surface area (Å²) in [5.41, 5.74) is -0.630. The summed E-state index contributed by atoms with van der Waals surface area (Å²) in [5.74, 6) is 2.42. The number of rotatable bonds is 4. The number of nitrogens with one attached hydrogen (secondary N) is 1. The molecule has 1 aliphatic heterocycles. The Hall–Kier alpha value is -2.03. The molecule has 1 aliphatic carbocycles. The molecule has 0 bridgehead atoms. The second kappa shape index (κ2) is 5.26. The fourth-order valence-electron chi connectivity index (χ4n) is 3.01. The lowest BCUT2D eigenvalue weighted by atomic mass is 9.97. The zero-order valence-corrected chi connectivity index (χ0v) is 13.9. The van der Waals surface area contributed by atoms with E-state index in [0.717, 1.165) is 17.5 Å². The fraction of sp³-hybridized carbons (Fsp3) is 0.643. The number of aromatic nitrogens is 4. The van der Waals surface area contributed by atoms with Gasteiger partial charge in [-0.3, -0.25) is 4.79 Å². The average Bonchev–Trinajstić information content (AvgIpc) is 2.91. The van der Waals surface area contributed by atoms with Gasteiger partial charge < -0.3 is 14.7 Å². The van der Waals surface area contributed by atoms with E-state index in [2.05, 4.69) is 29.7 Å². The van der Waals surface area contributed by atoms with Gasteiger partial charge >= 0.3 is 0 Å². The third-order valence-corrected chi connectivity index (χ3v) is 5.08. The SMILES string of the molecule is CC(=O)N[C@@]1(c2noc(C)n2)CCN(c2nc(C3CC3)ns2)C1. The van der Waals surface area contributed by atoms with Crippen molar-refractivity contribution in [2.75, 3.05) is 18.0 Å². The van der Waals surface area contributed by atoms with E-state index in [4.69, 9.17) is 4.52 Å². The predicted molar refractivity (Wildman–Crippen MR) is 83.2 cm³/mol. The highest BCUT2D eigenvalue weighted by Crippen LogP contribution is 2.41. The molecule has 1 saturated carbocycles. The molecule has 122 valence electrons. The van der Waals surface area contributed by atoms with Gasteiger partial charge in [-0.15, -0.1) is 0 Å². The Morgan fingerprint density at radius 3 is 2.91 bits per heavy atom. The Bertz CT molecular complexity index is 739. The summed E-state index contributed by atoms with van der Waals surface area (Å²) in [6.45, 7) is 4.60. The van der Waals surface area contributed by atoms with Gasteiger partial charge in [0, 0.05) is 37.8 Å². The second-order valence-corrected chi connectivity index (χ2v) is 7.01. The average molecular weight is 334 g/mol. The van der Waals surface area contributed by atoms with Crippen molar-refractivity contribution < 1.29 is 9.32 Å². The minimum absolute atomic E-state index is 0.106. The molecule has 1 amide bonds. The molecule has 2 fully saturated rings. The third-order valence-electron chi connectivity index (χ3n) is 4.28. The summed E-state index contributed by atoms with van der Waals surface area (Å²) < 4.78 is 9.57. The molecule has 4 rings (SSSR count). The van der Waals surface area contributed by atoms with Gasteiger partial charge in [-0.1, -0.05) is 5.16 Å². The lowest BCUT2D eigenvalue weighted by Crippen LogP contribution is -2.48. The number of carbonyl (C=O) groups excluding carboxylic acids is 1. The summed E-state index contributed by atoms with van der Waals surface area (Å²) >= 11 is 1.42. The van der Waals surface area contributed by atoms with Crippen LogP contribution >= 0.6 is 11.5 Å². The van der Waals surface area contributed by atoms with E-state index < -0.39 is 5.54 Å². The first-order valence-corrected chi connectivity index (χ1v) is 8.51. The normalized spacial score (nSPS) is 24.2. The van der Waals surface area contributed by atoms with E-state index in [9.17, 15) is 4.79 Å².